The van der Waals surface area contributed by atoms with Crippen molar-refractivity contribution in [1.29, 1.82) is 0 Å². The third-order valence-corrected chi connectivity index (χ3v) is 3.89. The number of unbranched alkanes of at least 4 members (excludes halogenated alkanes) is 1. The minimum absolute atomic E-state index is 0.00766. The Morgan fingerprint density at radius 1 is 1.26 bits per heavy atom. The molecule has 19 heavy (non-hydrogen) atoms. The van der Waals surface area contributed by atoms with Gasteiger partial charge < -0.3 is 11.1 Å². The second kappa shape index (κ2) is 7.10. The lowest BCUT2D eigenvalue weighted by Crippen LogP contribution is -2.23. The number of nitrogens with one attached hydrogen (secondary N) is 2. The van der Waals surface area contributed by atoms with Crippen LogP contribution in [0.5, 0.6) is 0 Å². The molecule has 106 valence electrons. The molecule has 0 aliphatic heterocycles. The summed E-state index contributed by atoms with van der Waals surface area (Å²) in [5.74, 6) is -0.341. The first kappa shape index (κ1) is 15.5. The third-order valence-electron chi connectivity index (χ3n) is 2.53. The van der Waals surface area contributed by atoms with Crippen LogP contribution in [0.1, 0.15) is 23.2 Å². The summed E-state index contributed by atoms with van der Waals surface area (Å²) in [6.07, 6.45) is 1.14. The van der Waals surface area contributed by atoms with Gasteiger partial charge in [-0.3, -0.25) is 9.52 Å². The van der Waals surface area contributed by atoms with Crippen molar-refractivity contribution in [2.45, 2.75) is 12.8 Å². The average Bonchev–Trinajstić information content (AvgIpc) is 2.38. The predicted octanol–water partition coefficient (Wildman–Crippen LogP) is 0.527. The Balaban J connectivity index is 2.84. The first-order chi connectivity index (χ1) is 9.00. The van der Waals surface area contributed by atoms with E-state index < -0.39 is 10.0 Å². The number of amides is 1. The summed E-state index contributed by atoms with van der Waals surface area (Å²) in [5, 5.41) is 2.47. The van der Waals surface area contributed by atoms with Crippen LogP contribution in [0, 0.1) is 0 Å². The lowest BCUT2D eigenvalue weighted by atomic mass is 10.2. The van der Waals surface area contributed by atoms with E-state index in [0.717, 1.165) is 0 Å². The number of nitrogens with two attached hydrogens (primary N) is 1. The van der Waals surface area contributed by atoms with E-state index in [1.807, 2.05) is 0 Å². The molecule has 1 aromatic carbocycles. The van der Waals surface area contributed by atoms with Crippen molar-refractivity contribution in [3.63, 3.8) is 0 Å². The van der Waals surface area contributed by atoms with Crippen molar-refractivity contribution < 1.29 is 13.2 Å². The monoisotopic (exact) mass is 285 g/mol. The summed E-state index contributed by atoms with van der Waals surface area (Å²) in [7, 11) is -1.96. The summed E-state index contributed by atoms with van der Waals surface area (Å²) in [6.45, 7) is 0.463. The fourth-order valence-corrected chi connectivity index (χ4v) is 2.76. The topological polar surface area (TPSA) is 101 Å². The number of benzene rings is 1. The summed E-state index contributed by atoms with van der Waals surface area (Å²) in [6, 6.07) is 6.47. The smallest absolute Gasteiger partial charge is 0.253 e. The van der Waals surface area contributed by atoms with Crippen molar-refractivity contribution in [2.75, 3.05) is 24.1 Å². The van der Waals surface area contributed by atoms with Gasteiger partial charge in [-0.1, -0.05) is 12.1 Å². The molecule has 1 amide bonds. The van der Waals surface area contributed by atoms with Gasteiger partial charge in [-0.25, -0.2) is 8.42 Å². The molecule has 1 aromatic rings. The molecule has 0 aliphatic carbocycles. The zero-order valence-corrected chi connectivity index (χ0v) is 11.7. The Morgan fingerprint density at radius 3 is 2.58 bits per heavy atom. The Morgan fingerprint density at radius 2 is 1.95 bits per heavy atom. The average molecular weight is 285 g/mol. The van der Waals surface area contributed by atoms with Crippen LogP contribution < -0.4 is 15.8 Å². The molecule has 0 spiro atoms. The normalized spacial score (nSPS) is 11.1. The first-order valence-electron chi connectivity index (χ1n) is 6.02. The zero-order chi connectivity index (χ0) is 14.3. The van der Waals surface area contributed by atoms with E-state index in [9.17, 15) is 13.2 Å². The van der Waals surface area contributed by atoms with Gasteiger partial charge in [0.1, 0.15) is 0 Å². The van der Waals surface area contributed by atoms with Crippen LogP contribution in [0.25, 0.3) is 0 Å². The summed E-state index contributed by atoms with van der Waals surface area (Å²) < 4.78 is 26.1. The molecule has 0 bridgehead atoms. The standard InChI is InChI=1S/C12H19N3O3S/c1-14-12(16)10-6-2-3-7-11(10)15-19(17,18)9-5-4-8-13/h2-3,6-7,15H,4-5,8-9,13H2,1H3,(H,14,16). The highest BCUT2D eigenvalue weighted by molar-refractivity contribution is 7.92. The second-order valence-corrected chi connectivity index (χ2v) is 5.88. The summed E-state index contributed by atoms with van der Waals surface area (Å²) >= 11 is 0. The molecular formula is C12H19N3O3S. The minimum atomic E-state index is -3.46. The minimum Gasteiger partial charge on any atom is -0.355 e. The Kier molecular flexibility index (Phi) is 5.78. The lowest BCUT2D eigenvalue weighted by Gasteiger charge is -2.11. The zero-order valence-electron chi connectivity index (χ0n) is 10.8. The molecule has 0 aromatic heterocycles. The Labute approximate surface area is 113 Å². The molecule has 0 atom stereocenters. The van der Waals surface area contributed by atoms with Gasteiger partial charge in [-0.05, 0) is 31.5 Å². The van der Waals surface area contributed by atoms with Crippen molar-refractivity contribution in [3.05, 3.63) is 29.8 Å². The number of para-hydroxylation sites is 1. The second-order valence-electron chi connectivity index (χ2n) is 4.04. The van der Waals surface area contributed by atoms with E-state index in [0.29, 0.717) is 24.9 Å². The van der Waals surface area contributed by atoms with Crippen LogP contribution in [0.4, 0.5) is 5.69 Å². The molecule has 0 fully saturated rings. The van der Waals surface area contributed by atoms with E-state index in [1.54, 1.807) is 24.3 Å². The van der Waals surface area contributed by atoms with E-state index >= 15 is 0 Å². The molecule has 0 aliphatic rings. The molecule has 0 radical (unpaired) electrons. The Bertz CT molecular complexity index is 529. The van der Waals surface area contributed by atoms with Gasteiger partial charge in [0.05, 0.1) is 17.0 Å². The predicted molar refractivity (Wildman–Crippen MR) is 75.5 cm³/mol. The number of sulfonamides is 1. The largest absolute Gasteiger partial charge is 0.355 e. The van der Waals surface area contributed by atoms with E-state index in [-0.39, 0.29) is 17.3 Å². The fourth-order valence-electron chi connectivity index (χ4n) is 1.56. The number of carbonyl (C=O) groups is 1. The van der Waals surface area contributed by atoms with Gasteiger partial charge in [0, 0.05) is 7.05 Å². The van der Waals surface area contributed by atoms with E-state index in [2.05, 4.69) is 10.0 Å². The fraction of sp³-hybridized carbons (Fsp3) is 0.417. The van der Waals surface area contributed by atoms with Crippen LogP contribution in [0.3, 0.4) is 0 Å². The number of hydrogen-bond donors (Lipinski definition) is 3. The maximum Gasteiger partial charge on any atom is 0.253 e. The van der Waals surface area contributed by atoms with Gasteiger partial charge >= 0.3 is 0 Å². The van der Waals surface area contributed by atoms with Crippen molar-refractivity contribution in [2.24, 2.45) is 5.73 Å². The molecule has 4 N–H and O–H groups in total. The van der Waals surface area contributed by atoms with Crippen LogP contribution in [-0.2, 0) is 10.0 Å². The van der Waals surface area contributed by atoms with Crippen molar-refractivity contribution in [3.8, 4) is 0 Å². The van der Waals surface area contributed by atoms with Crippen LogP contribution in [0.2, 0.25) is 0 Å². The molecule has 0 unspecified atom stereocenters. The molecule has 0 saturated carbocycles. The van der Waals surface area contributed by atoms with E-state index in [1.165, 1.54) is 7.05 Å². The molecule has 0 heterocycles. The highest BCUT2D eigenvalue weighted by Crippen LogP contribution is 2.16. The maximum absolute atomic E-state index is 11.9. The van der Waals surface area contributed by atoms with Gasteiger partial charge in [0.15, 0.2) is 0 Å². The molecular weight excluding hydrogens is 266 g/mol. The van der Waals surface area contributed by atoms with Gasteiger partial charge in [0.2, 0.25) is 10.0 Å². The van der Waals surface area contributed by atoms with E-state index in [4.69, 9.17) is 5.73 Å². The quantitative estimate of drug-likeness (QED) is 0.636. The highest BCUT2D eigenvalue weighted by Gasteiger charge is 2.15. The highest BCUT2D eigenvalue weighted by atomic mass is 32.2. The van der Waals surface area contributed by atoms with Crippen molar-refractivity contribution in [1.82, 2.24) is 5.32 Å². The summed E-state index contributed by atoms with van der Waals surface area (Å²) in [4.78, 5) is 11.6. The van der Waals surface area contributed by atoms with Crippen LogP contribution in [-0.4, -0.2) is 33.7 Å². The molecule has 7 heteroatoms. The number of anilines is 1. The molecule has 1 rings (SSSR count). The SMILES string of the molecule is CNC(=O)c1ccccc1NS(=O)(=O)CCCCN. The van der Waals surface area contributed by atoms with Crippen LogP contribution >= 0.6 is 0 Å². The van der Waals surface area contributed by atoms with Gasteiger partial charge in [0.25, 0.3) is 5.91 Å². The Hall–Kier alpha value is -1.60. The molecule has 6 nitrogen and oxygen atoms in total. The number of carbonyl (C=O) groups excluding carboxylic acids is 1. The van der Waals surface area contributed by atoms with Gasteiger partial charge in [-0.2, -0.15) is 0 Å². The van der Waals surface area contributed by atoms with Gasteiger partial charge in [-0.15, -0.1) is 0 Å². The number of hydrogen-bond acceptors (Lipinski definition) is 4. The summed E-state index contributed by atoms with van der Waals surface area (Å²) in [5.41, 5.74) is 5.91. The first-order valence-corrected chi connectivity index (χ1v) is 7.67. The maximum atomic E-state index is 11.9. The third kappa shape index (κ3) is 4.88. The number of rotatable bonds is 7. The lowest BCUT2D eigenvalue weighted by molar-refractivity contribution is 0.0964. The molecule has 0 saturated heterocycles. The van der Waals surface area contributed by atoms with Crippen LogP contribution in [0.15, 0.2) is 24.3 Å². The van der Waals surface area contributed by atoms with Crippen molar-refractivity contribution >= 4 is 21.6 Å².